The van der Waals surface area contributed by atoms with E-state index in [4.69, 9.17) is 4.42 Å². The van der Waals surface area contributed by atoms with Crippen LogP contribution in [0.15, 0.2) is 33.8 Å². The molecule has 120 valence electrons. The van der Waals surface area contributed by atoms with E-state index in [9.17, 15) is 0 Å². The lowest BCUT2D eigenvalue weighted by Gasteiger charge is -2.03. The van der Waals surface area contributed by atoms with E-state index in [0.717, 1.165) is 15.5 Å². The minimum atomic E-state index is 0.348. The zero-order valence-corrected chi connectivity index (χ0v) is 14.4. The molecule has 3 rings (SSSR count). The third-order valence-electron chi connectivity index (χ3n) is 3.01. The van der Waals surface area contributed by atoms with Gasteiger partial charge < -0.3 is 9.73 Å². The lowest BCUT2D eigenvalue weighted by Crippen LogP contribution is -2.02. The molecule has 0 radical (unpaired) electrons. The molecular formula is C14H16N6OS2. The van der Waals surface area contributed by atoms with Gasteiger partial charge in [-0.2, -0.15) is 0 Å². The molecule has 0 aliphatic rings. The summed E-state index contributed by atoms with van der Waals surface area (Å²) in [5.41, 5.74) is 1.01. The molecule has 23 heavy (non-hydrogen) atoms. The first kappa shape index (κ1) is 15.9. The van der Waals surface area contributed by atoms with Crippen LogP contribution >= 0.6 is 23.3 Å². The Hall–Kier alpha value is -2.00. The summed E-state index contributed by atoms with van der Waals surface area (Å²) in [6, 6.07) is 4.31. The number of rotatable bonds is 7. The van der Waals surface area contributed by atoms with Gasteiger partial charge in [0.05, 0.1) is 22.9 Å². The quantitative estimate of drug-likeness (QED) is 0.650. The van der Waals surface area contributed by atoms with E-state index >= 15 is 0 Å². The van der Waals surface area contributed by atoms with Gasteiger partial charge in [-0.25, -0.2) is 0 Å². The maximum absolute atomic E-state index is 5.60. The second-order valence-corrected chi connectivity index (χ2v) is 6.95. The molecule has 1 N–H and O–H groups in total. The number of nitrogens with one attached hydrogen (secondary N) is 1. The van der Waals surface area contributed by atoms with E-state index in [1.807, 2.05) is 12.1 Å². The summed E-state index contributed by atoms with van der Waals surface area (Å²) in [6.45, 7) is 4.78. The molecule has 0 aromatic carbocycles. The molecule has 0 saturated carbocycles. The molecule has 3 aromatic rings. The number of anilines is 1. The van der Waals surface area contributed by atoms with Crippen LogP contribution in [0.3, 0.4) is 0 Å². The summed E-state index contributed by atoms with van der Waals surface area (Å²) in [7, 11) is 0. The minimum absolute atomic E-state index is 0.348. The Balaban J connectivity index is 1.54. The zero-order valence-electron chi connectivity index (χ0n) is 12.8. The fraction of sp³-hybridized carbons (Fsp3) is 0.357. The van der Waals surface area contributed by atoms with Gasteiger partial charge in [0.25, 0.3) is 0 Å². The molecule has 0 fully saturated rings. The van der Waals surface area contributed by atoms with Gasteiger partial charge in [0.15, 0.2) is 0 Å². The van der Waals surface area contributed by atoms with Crippen molar-refractivity contribution in [1.29, 1.82) is 0 Å². The largest absolute Gasteiger partial charge is 0.407 e. The molecule has 0 aliphatic carbocycles. The molecule has 7 nitrogen and oxygen atoms in total. The summed E-state index contributed by atoms with van der Waals surface area (Å²) >= 11 is 3.02. The first-order valence-corrected chi connectivity index (χ1v) is 8.88. The van der Waals surface area contributed by atoms with Gasteiger partial charge in [0.1, 0.15) is 0 Å². The van der Waals surface area contributed by atoms with Crippen LogP contribution < -0.4 is 5.32 Å². The van der Waals surface area contributed by atoms with Crippen LogP contribution in [0.4, 0.5) is 6.01 Å². The second-order valence-electron chi connectivity index (χ2n) is 5.06. The van der Waals surface area contributed by atoms with Gasteiger partial charge >= 0.3 is 6.01 Å². The zero-order chi connectivity index (χ0) is 16.1. The van der Waals surface area contributed by atoms with Gasteiger partial charge in [-0.05, 0) is 29.6 Å². The molecule has 0 unspecified atom stereocenters. The van der Waals surface area contributed by atoms with Gasteiger partial charge in [-0.1, -0.05) is 23.4 Å². The third-order valence-corrected chi connectivity index (χ3v) is 4.75. The van der Waals surface area contributed by atoms with Crippen LogP contribution in [-0.2, 0) is 12.3 Å². The monoisotopic (exact) mass is 348 g/mol. The van der Waals surface area contributed by atoms with Crippen LogP contribution in [0, 0.1) is 0 Å². The van der Waals surface area contributed by atoms with Crippen LogP contribution in [0.5, 0.6) is 0 Å². The SMILES string of the molecule is CC(C)c1nnsc1CNc1nnc(CSc2ccncc2)o1. The average Bonchev–Trinajstić information content (AvgIpc) is 3.21. The van der Waals surface area contributed by atoms with Crippen LogP contribution in [-0.4, -0.2) is 24.8 Å². The molecule has 9 heteroatoms. The Labute approximate surface area is 142 Å². The van der Waals surface area contributed by atoms with Crippen molar-refractivity contribution in [3.05, 3.63) is 41.0 Å². The summed E-state index contributed by atoms with van der Waals surface area (Å²) in [6.07, 6.45) is 3.52. The fourth-order valence-electron chi connectivity index (χ4n) is 1.90. The van der Waals surface area contributed by atoms with Gasteiger partial charge in [-0.15, -0.1) is 22.0 Å². The molecule has 0 amide bonds. The predicted molar refractivity (Wildman–Crippen MR) is 89.4 cm³/mol. The maximum atomic E-state index is 5.60. The summed E-state index contributed by atoms with van der Waals surface area (Å²) < 4.78 is 9.60. The fourth-order valence-corrected chi connectivity index (χ4v) is 3.35. The highest BCUT2D eigenvalue weighted by Gasteiger charge is 2.13. The summed E-state index contributed by atoms with van der Waals surface area (Å²) in [5, 5.41) is 15.3. The summed E-state index contributed by atoms with van der Waals surface area (Å²) in [4.78, 5) is 6.19. The lowest BCUT2D eigenvalue weighted by atomic mass is 10.1. The second kappa shape index (κ2) is 7.51. The van der Waals surface area contributed by atoms with E-state index in [1.54, 1.807) is 24.2 Å². The predicted octanol–water partition coefficient (Wildman–Crippen LogP) is 3.34. The molecule has 3 heterocycles. The number of aromatic nitrogens is 5. The topological polar surface area (TPSA) is 89.6 Å². The normalized spacial score (nSPS) is 11.1. The Morgan fingerprint density at radius 2 is 2.04 bits per heavy atom. The molecule has 0 saturated heterocycles. The molecule has 0 bridgehead atoms. The number of hydrogen-bond donors (Lipinski definition) is 1. The highest BCUT2D eigenvalue weighted by atomic mass is 32.2. The number of pyridine rings is 1. The first-order valence-electron chi connectivity index (χ1n) is 7.12. The molecule has 0 aliphatic heterocycles. The molecule has 3 aromatic heterocycles. The third kappa shape index (κ3) is 4.26. The smallest absolute Gasteiger partial charge is 0.315 e. The Morgan fingerprint density at radius 1 is 1.22 bits per heavy atom. The van der Waals surface area contributed by atoms with Crippen LogP contribution in [0.1, 0.15) is 36.2 Å². The van der Waals surface area contributed by atoms with Crippen LogP contribution in [0.25, 0.3) is 0 Å². The Bertz CT molecular complexity index is 743. The number of thioether (sulfide) groups is 1. The number of hydrogen-bond acceptors (Lipinski definition) is 9. The van der Waals surface area contributed by atoms with E-state index < -0.39 is 0 Å². The number of nitrogens with zero attached hydrogens (tertiary/aromatic N) is 5. The summed E-state index contributed by atoms with van der Waals surface area (Å²) in [5.74, 6) is 1.55. The van der Waals surface area contributed by atoms with Gasteiger partial charge in [-0.3, -0.25) is 4.98 Å². The van der Waals surface area contributed by atoms with E-state index in [2.05, 4.69) is 43.9 Å². The highest BCUT2D eigenvalue weighted by Crippen LogP contribution is 2.23. The van der Waals surface area contributed by atoms with Crippen molar-refractivity contribution in [2.75, 3.05) is 5.32 Å². The Morgan fingerprint density at radius 3 is 2.83 bits per heavy atom. The first-order chi connectivity index (χ1) is 11.2. The van der Waals surface area contributed by atoms with Crippen molar-refractivity contribution < 1.29 is 4.42 Å². The van der Waals surface area contributed by atoms with Crippen molar-refractivity contribution in [2.24, 2.45) is 0 Å². The van der Waals surface area contributed by atoms with Gasteiger partial charge in [0, 0.05) is 17.3 Å². The van der Waals surface area contributed by atoms with E-state index in [0.29, 0.717) is 30.1 Å². The van der Waals surface area contributed by atoms with E-state index in [-0.39, 0.29) is 0 Å². The van der Waals surface area contributed by atoms with Crippen molar-refractivity contribution in [1.82, 2.24) is 24.8 Å². The minimum Gasteiger partial charge on any atom is -0.407 e. The van der Waals surface area contributed by atoms with Crippen LogP contribution in [0.2, 0.25) is 0 Å². The molecular weight excluding hydrogens is 332 g/mol. The average molecular weight is 348 g/mol. The maximum Gasteiger partial charge on any atom is 0.315 e. The Kier molecular flexibility index (Phi) is 5.19. The van der Waals surface area contributed by atoms with Gasteiger partial charge in [0.2, 0.25) is 5.89 Å². The van der Waals surface area contributed by atoms with Crippen molar-refractivity contribution in [3.8, 4) is 0 Å². The van der Waals surface area contributed by atoms with Crippen molar-refractivity contribution >= 4 is 29.3 Å². The van der Waals surface area contributed by atoms with E-state index in [1.165, 1.54) is 11.5 Å². The van der Waals surface area contributed by atoms with Crippen molar-refractivity contribution in [2.45, 2.75) is 37.0 Å². The highest BCUT2D eigenvalue weighted by molar-refractivity contribution is 7.98. The lowest BCUT2D eigenvalue weighted by molar-refractivity contribution is 0.526. The standard InChI is InChI=1S/C14H16N6OS2/c1-9(2)13-11(23-20-18-13)7-16-14-19-17-12(21-14)8-22-10-3-5-15-6-4-10/h3-6,9H,7-8H2,1-2H3,(H,16,19). The van der Waals surface area contributed by atoms with Crippen molar-refractivity contribution in [3.63, 3.8) is 0 Å². The molecule has 0 atom stereocenters. The molecule has 0 spiro atoms.